The highest BCUT2D eigenvalue weighted by atomic mass is 19.2. The number of rotatable bonds is 4. The molecule has 1 saturated heterocycles. The first-order valence-electron chi connectivity index (χ1n) is 11.0. The summed E-state index contributed by atoms with van der Waals surface area (Å²) >= 11 is 0. The van der Waals surface area contributed by atoms with Gasteiger partial charge in [-0.15, -0.1) is 5.10 Å². The van der Waals surface area contributed by atoms with Gasteiger partial charge in [-0.3, -0.25) is 0 Å². The minimum Gasteiger partial charge on any atom is -0.349 e. The van der Waals surface area contributed by atoms with Crippen LogP contribution in [0.25, 0.3) is 0 Å². The maximum atomic E-state index is 13.8. The summed E-state index contributed by atoms with van der Waals surface area (Å²) in [6.07, 6.45) is 3.10. The van der Waals surface area contributed by atoms with Gasteiger partial charge in [-0.2, -0.15) is 9.97 Å². The first-order chi connectivity index (χ1) is 15.5. The summed E-state index contributed by atoms with van der Waals surface area (Å²) < 4.78 is 34.4. The number of benzene rings is 1. The first kappa shape index (κ1) is 19.4. The van der Waals surface area contributed by atoms with Gasteiger partial charge >= 0.3 is 6.01 Å². The third kappa shape index (κ3) is 3.26. The van der Waals surface area contributed by atoms with E-state index < -0.39 is 11.6 Å². The molecule has 4 heterocycles. The third-order valence-corrected chi connectivity index (χ3v) is 6.78. The number of nitrogens with zero attached hydrogens (tertiary/aromatic N) is 7. The lowest BCUT2D eigenvalue weighted by Gasteiger charge is -2.37. The molecule has 32 heavy (non-hydrogen) atoms. The second-order valence-electron chi connectivity index (χ2n) is 8.86. The van der Waals surface area contributed by atoms with Crippen molar-refractivity contribution in [2.24, 2.45) is 11.8 Å². The van der Waals surface area contributed by atoms with Crippen molar-refractivity contribution in [3.63, 3.8) is 0 Å². The predicted molar refractivity (Wildman–Crippen MR) is 113 cm³/mol. The Morgan fingerprint density at radius 1 is 1.06 bits per heavy atom. The Bertz CT molecular complexity index is 1130. The van der Waals surface area contributed by atoms with E-state index in [4.69, 9.17) is 9.51 Å². The molecule has 9 nitrogen and oxygen atoms in total. The topological polar surface area (TPSA) is 88.1 Å². The molecule has 3 aromatic rings. The van der Waals surface area contributed by atoms with Gasteiger partial charge in [0.25, 0.3) is 0 Å². The van der Waals surface area contributed by atoms with Crippen LogP contribution < -0.4 is 15.1 Å². The highest BCUT2D eigenvalue weighted by Gasteiger charge is 2.44. The molecule has 3 atom stereocenters. The molecule has 2 aromatic heterocycles. The van der Waals surface area contributed by atoms with Gasteiger partial charge in [0.2, 0.25) is 11.9 Å². The van der Waals surface area contributed by atoms with E-state index in [0.717, 1.165) is 45.0 Å². The lowest BCUT2D eigenvalue weighted by Crippen LogP contribution is -2.48. The molecular formula is C21H24F2N8O. The van der Waals surface area contributed by atoms with Crippen molar-refractivity contribution in [1.29, 1.82) is 0 Å². The smallest absolute Gasteiger partial charge is 0.324 e. The van der Waals surface area contributed by atoms with Crippen LogP contribution in [0.4, 0.5) is 32.4 Å². The average molecular weight is 442 g/mol. The number of aryl methyl sites for hydroxylation is 2. The molecule has 2 fully saturated rings. The van der Waals surface area contributed by atoms with E-state index in [9.17, 15) is 8.78 Å². The van der Waals surface area contributed by atoms with Crippen molar-refractivity contribution in [1.82, 2.24) is 24.9 Å². The zero-order chi connectivity index (χ0) is 21.8. The van der Waals surface area contributed by atoms with E-state index in [1.807, 2.05) is 16.5 Å². The third-order valence-electron chi connectivity index (χ3n) is 6.78. The molecule has 0 amide bonds. The number of halogens is 2. The van der Waals surface area contributed by atoms with E-state index in [1.165, 1.54) is 6.07 Å². The van der Waals surface area contributed by atoms with Crippen LogP contribution in [-0.2, 0) is 6.54 Å². The monoisotopic (exact) mass is 442 g/mol. The first-order valence-corrected chi connectivity index (χ1v) is 11.0. The Balaban J connectivity index is 1.21. The summed E-state index contributed by atoms with van der Waals surface area (Å²) in [4.78, 5) is 13.2. The summed E-state index contributed by atoms with van der Waals surface area (Å²) in [6.45, 7) is 4.95. The molecule has 168 valence electrons. The number of aromatic nitrogens is 5. The van der Waals surface area contributed by atoms with Crippen LogP contribution in [0.1, 0.15) is 25.1 Å². The van der Waals surface area contributed by atoms with E-state index in [1.54, 1.807) is 6.07 Å². The van der Waals surface area contributed by atoms with E-state index in [2.05, 4.69) is 25.5 Å². The second kappa shape index (κ2) is 7.42. The minimum absolute atomic E-state index is 0.274. The summed E-state index contributed by atoms with van der Waals surface area (Å²) in [5.74, 6) is 1.03. The predicted octanol–water partition coefficient (Wildman–Crippen LogP) is 3.12. The highest BCUT2D eigenvalue weighted by Crippen LogP contribution is 2.40. The van der Waals surface area contributed by atoms with Gasteiger partial charge < -0.3 is 19.6 Å². The van der Waals surface area contributed by atoms with Gasteiger partial charge in [-0.1, -0.05) is 5.16 Å². The van der Waals surface area contributed by atoms with Crippen LogP contribution in [0.15, 0.2) is 22.7 Å². The van der Waals surface area contributed by atoms with E-state index in [0.29, 0.717) is 47.8 Å². The van der Waals surface area contributed by atoms with Crippen molar-refractivity contribution in [2.75, 3.05) is 34.8 Å². The molecule has 0 radical (unpaired) electrons. The Morgan fingerprint density at radius 2 is 1.88 bits per heavy atom. The molecule has 3 aliphatic rings. The fourth-order valence-corrected chi connectivity index (χ4v) is 5.30. The van der Waals surface area contributed by atoms with Crippen LogP contribution in [0, 0.1) is 30.4 Å². The summed E-state index contributed by atoms with van der Waals surface area (Å²) in [7, 11) is 0. The van der Waals surface area contributed by atoms with Gasteiger partial charge in [0.05, 0.1) is 0 Å². The molecule has 1 aromatic carbocycles. The highest BCUT2D eigenvalue weighted by molar-refractivity contribution is 5.59. The van der Waals surface area contributed by atoms with Crippen LogP contribution in [-0.4, -0.2) is 50.6 Å². The molecule has 1 aliphatic carbocycles. The molecular weight excluding hydrogens is 418 g/mol. The lowest BCUT2D eigenvalue weighted by atomic mass is 9.92. The summed E-state index contributed by atoms with van der Waals surface area (Å²) in [5, 5.41) is 12.2. The number of nitrogens with one attached hydrogen (secondary N) is 1. The van der Waals surface area contributed by atoms with Crippen molar-refractivity contribution < 1.29 is 13.3 Å². The van der Waals surface area contributed by atoms with Crippen molar-refractivity contribution in [3.05, 3.63) is 35.7 Å². The number of hydrogen-bond acceptors (Lipinski definition) is 8. The largest absolute Gasteiger partial charge is 0.349 e. The standard InChI is InChI=1S/C21H24F2N8O/c1-12-24-21(32-28-12)29-10-13-3-4-14(11-29)18(13)25-19-26-20-30(7-2-8-31(20)27-19)15-5-6-16(22)17(23)9-15/h5-6,9,13-14,18H,2-4,7-8,10-11H2,1H3,(H,25,27)/t13-,14+,18-. The number of piperidine rings is 1. The molecule has 2 aliphatic heterocycles. The lowest BCUT2D eigenvalue weighted by molar-refractivity contribution is 0.340. The Hall–Kier alpha value is -3.24. The Kier molecular flexibility index (Phi) is 4.51. The fraction of sp³-hybridized carbons (Fsp3) is 0.524. The van der Waals surface area contributed by atoms with Crippen LogP contribution in [0.3, 0.4) is 0 Å². The zero-order valence-corrected chi connectivity index (χ0v) is 17.7. The van der Waals surface area contributed by atoms with Crippen LogP contribution >= 0.6 is 0 Å². The molecule has 0 unspecified atom stereocenters. The number of hydrogen-bond donors (Lipinski definition) is 1. The fourth-order valence-electron chi connectivity index (χ4n) is 5.30. The Labute approximate surface area is 183 Å². The normalized spacial score (nSPS) is 24.7. The van der Waals surface area contributed by atoms with Gasteiger partial charge in [-0.25, -0.2) is 13.5 Å². The van der Waals surface area contributed by atoms with Gasteiger partial charge in [0, 0.05) is 44.0 Å². The minimum atomic E-state index is -0.864. The molecule has 1 saturated carbocycles. The van der Waals surface area contributed by atoms with Crippen molar-refractivity contribution >= 4 is 23.6 Å². The summed E-state index contributed by atoms with van der Waals surface area (Å²) in [5.41, 5.74) is 0.576. The van der Waals surface area contributed by atoms with Crippen molar-refractivity contribution in [3.8, 4) is 0 Å². The average Bonchev–Trinajstić information content (AvgIpc) is 3.45. The maximum Gasteiger partial charge on any atom is 0.324 e. The van der Waals surface area contributed by atoms with E-state index >= 15 is 0 Å². The zero-order valence-electron chi connectivity index (χ0n) is 17.7. The van der Waals surface area contributed by atoms with Gasteiger partial charge in [0.15, 0.2) is 17.5 Å². The second-order valence-corrected chi connectivity index (χ2v) is 8.86. The summed E-state index contributed by atoms with van der Waals surface area (Å²) in [6, 6.07) is 4.80. The molecule has 0 spiro atoms. The van der Waals surface area contributed by atoms with Crippen LogP contribution in [0.2, 0.25) is 0 Å². The van der Waals surface area contributed by atoms with Gasteiger partial charge in [-0.05, 0) is 50.2 Å². The maximum absolute atomic E-state index is 13.8. The SMILES string of the molecule is Cc1noc(N2C[C@H]3CC[C@@H](C2)[C@@H]3Nc2nc3n(n2)CCCN3c2ccc(F)c(F)c2)n1. The molecule has 1 N–H and O–H groups in total. The van der Waals surface area contributed by atoms with Crippen LogP contribution in [0.5, 0.6) is 0 Å². The quantitative estimate of drug-likeness (QED) is 0.660. The number of fused-ring (bicyclic) bond motifs is 3. The van der Waals surface area contributed by atoms with Gasteiger partial charge in [0.1, 0.15) is 0 Å². The Morgan fingerprint density at radius 3 is 2.59 bits per heavy atom. The van der Waals surface area contributed by atoms with Crippen molar-refractivity contribution in [2.45, 2.75) is 38.8 Å². The number of anilines is 4. The molecule has 11 heteroatoms. The molecule has 2 bridgehead atoms. The molecule has 6 rings (SSSR count). The van der Waals surface area contributed by atoms with E-state index in [-0.39, 0.29) is 6.04 Å².